The minimum absolute atomic E-state index is 0.0521. The number of nitrogens with one attached hydrogen (secondary N) is 1. The number of aryl methyl sites for hydroxylation is 1. The highest BCUT2D eigenvalue weighted by molar-refractivity contribution is 5.51. The molecule has 2 atom stereocenters. The molecule has 2 fully saturated rings. The maximum atomic E-state index is 10.6. The minimum Gasteiger partial charge on any atom is -0.470 e. The van der Waals surface area contributed by atoms with E-state index in [1.165, 1.54) is 5.56 Å². The van der Waals surface area contributed by atoms with Crippen LogP contribution in [-0.2, 0) is 9.53 Å². The van der Waals surface area contributed by atoms with Crippen LogP contribution in [-0.4, -0.2) is 49.2 Å². The second-order valence-corrected chi connectivity index (χ2v) is 7.50. The molecule has 1 aromatic heterocycles. The number of nitrogens with two attached hydrogens (primary N) is 1. The highest BCUT2D eigenvalue weighted by atomic mass is 16.5. The molecule has 2 heterocycles. The number of carbonyl (C=O) groups is 1. The normalized spacial score (nSPS) is 29.3. The quantitative estimate of drug-likeness (QED) is 0.723. The fraction of sp³-hybridized carbons (Fsp3) is 0.700. The van der Waals surface area contributed by atoms with Gasteiger partial charge in [0.05, 0.1) is 12.7 Å². The van der Waals surface area contributed by atoms with Gasteiger partial charge in [-0.25, -0.2) is 4.98 Å². The van der Waals surface area contributed by atoms with Gasteiger partial charge in [-0.15, -0.1) is 0 Å². The largest absolute Gasteiger partial charge is 0.470 e. The lowest BCUT2D eigenvalue weighted by molar-refractivity contribution is -0.109. The van der Waals surface area contributed by atoms with Crippen molar-refractivity contribution in [1.82, 2.24) is 10.3 Å². The zero-order chi connectivity index (χ0) is 18.4. The standard InChI is InChI=1S/C20H31N3O3/c1-14-8-10-23-20(25-12-11-24)19(14)15-4-6-16(7-5-15)26-13-18-17(21)3-2-9-22-18/h8,10-11,15-18,22H,2-7,9,12-13,21H2,1H3. The van der Waals surface area contributed by atoms with Gasteiger partial charge in [0.25, 0.3) is 0 Å². The Morgan fingerprint density at radius 3 is 2.85 bits per heavy atom. The summed E-state index contributed by atoms with van der Waals surface area (Å²) in [5, 5.41) is 3.47. The van der Waals surface area contributed by atoms with Gasteiger partial charge in [-0.1, -0.05) is 0 Å². The van der Waals surface area contributed by atoms with Gasteiger partial charge < -0.3 is 20.5 Å². The fourth-order valence-electron chi connectivity index (χ4n) is 4.19. The van der Waals surface area contributed by atoms with Crippen molar-refractivity contribution in [2.24, 2.45) is 5.73 Å². The lowest BCUT2D eigenvalue weighted by atomic mass is 9.81. The predicted molar refractivity (Wildman–Crippen MR) is 100 cm³/mol. The first kappa shape index (κ1) is 19.3. The number of aromatic nitrogens is 1. The molecule has 1 saturated heterocycles. The zero-order valence-electron chi connectivity index (χ0n) is 15.7. The Kier molecular flexibility index (Phi) is 7.00. The highest BCUT2D eigenvalue weighted by Crippen LogP contribution is 2.39. The fourth-order valence-corrected chi connectivity index (χ4v) is 4.19. The Hall–Kier alpha value is -1.50. The van der Waals surface area contributed by atoms with Crippen LogP contribution in [0, 0.1) is 6.92 Å². The molecule has 0 bridgehead atoms. The van der Waals surface area contributed by atoms with Crippen molar-refractivity contribution >= 4 is 6.29 Å². The van der Waals surface area contributed by atoms with Crippen LogP contribution in [0.3, 0.4) is 0 Å². The summed E-state index contributed by atoms with van der Waals surface area (Å²) in [5.41, 5.74) is 8.52. The molecule has 1 saturated carbocycles. The maximum absolute atomic E-state index is 10.6. The van der Waals surface area contributed by atoms with Crippen molar-refractivity contribution in [2.75, 3.05) is 19.8 Å². The number of carbonyl (C=O) groups excluding carboxylic acids is 1. The Balaban J connectivity index is 1.53. The Morgan fingerprint density at radius 1 is 1.31 bits per heavy atom. The summed E-state index contributed by atoms with van der Waals surface area (Å²) >= 11 is 0. The van der Waals surface area contributed by atoms with Crippen LogP contribution in [0.1, 0.15) is 55.6 Å². The number of nitrogens with zero attached hydrogens (tertiary/aromatic N) is 1. The lowest BCUT2D eigenvalue weighted by Crippen LogP contribution is -2.52. The van der Waals surface area contributed by atoms with Crippen LogP contribution in [0.15, 0.2) is 12.3 Å². The first-order chi connectivity index (χ1) is 12.7. The van der Waals surface area contributed by atoms with E-state index in [1.807, 2.05) is 6.07 Å². The van der Waals surface area contributed by atoms with E-state index in [2.05, 4.69) is 17.2 Å². The predicted octanol–water partition coefficient (Wildman–Crippen LogP) is 2.09. The summed E-state index contributed by atoms with van der Waals surface area (Å²) in [7, 11) is 0. The van der Waals surface area contributed by atoms with Crippen LogP contribution >= 0.6 is 0 Å². The summed E-state index contributed by atoms with van der Waals surface area (Å²) in [5.74, 6) is 1.03. The number of hydrogen-bond donors (Lipinski definition) is 2. The Bertz CT molecular complexity index is 588. The summed E-state index contributed by atoms with van der Waals surface area (Å²) < 4.78 is 11.7. The van der Waals surface area contributed by atoms with Crippen molar-refractivity contribution in [3.8, 4) is 5.88 Å². The van der Waals surface area contributed by atoms with Crippen molar-refractivity contribution in [1.29, 1.82) is 0 Å². The third-order valence-electron chi connectivity index (χ3n) is 5.69. The molecule has 0 radical (unpaired) electrons. The van der Waals surface area contributed by atoms with Crippen LogP contribution in [0.2, 0.25) is 0 Å². The molecule has 0 aromatic carbocycles. The number of aldehydes is 1. The van der Waals surface area contributed by atoms with Crippen LogP contribution < -0.4 is 15.8 Å². The first-order valence-electron chi connectivity index (χ1n) is 9.81. The molecule has 1 aliphatic carbocycles. The molecular weight excluding hydrogens is 330 g/mol. The number of pyridine rings is 1. The van der Waals surface area contributed by atoms with E-state index in [9.17, 15) is 4.79 Å². The molecule has 2 unspecified atom stereocenters. The Morgan fingerprint density at radius 2 is 2.12 bits per heavy atom. The molecule has 3 N–H and O–H groups in total. The van der Waals surface area contributed by atoms with E-state index in [4.69, 9.17) is 15.2 Å². The van der Waals surface area contributed by atoms with E-state index in [1.54, 1.807) is 6.20 Å². The van der Waals surface area contributed by atoms with Crippen molar-refractivity contribution in [2.45, 2.75) is 69.6 Å². The molecule has 26 heavy (non-hydrogen) atoms. The lowest BCUT2D eigenvalue weighted by Gasteiger charge is -2.34. The smallest absolute Gasteiger partial charge is 0.217 e. The third-order valence-corrected chi connectivity index (χ3v) is 5.69. The van der Waals surface area contributed by atoms with Gasteiger partial charge in [0.1, 0.15) is 6.61 Å². The number of rotatable bonds is 7. The number of ether oxygens (including phenoxy) is 2. The number of piperidine rings is 1. The number of hydrogen-bond acceptors (Lipinski definition) is 6. The molecule has 144 valence electrons. The molecule has 3 rings (SSSR count). The van der Waals surface area contributed by atoms with Gasteiger partial charge in [-0.05, 0) is 69.5 Å². The molecule has 1 aromatic rings. The van der Waals surface area contributed by atoms with Gasteiger partial charge in [0.15, 0.2) is 6.29 Å². The van der Waals surface area contributed by atoms with Gasteiger partial charge >= 0.3 is 0 Å². The molecule has 2 aliphatic rings. The maximum Gasteiger partial charge on any atom is 0.217 e. The van der Waals surface area contributed by atoms with E-state index >= 15 is 0 Å². The van der Waals surface area contributed by atoms with Gasteiger partial charge in [0, 0.05) is 23.8 Å². The van der Waals surface area contributed by atoms with E-state index in [0.717, 1.165) is 56.9 Å². The average Bonchev–Trinajstić information content (AvgIpc) is 2.66. The van der Waals surface area contributed by atoms with Crippen LogP contribution in [0.25, 0.3) is 0 Å². The first-order valence-corrected chi connectivity index (χ1v) is 9.81. The van der Waals surface area contributed by atoms with E-state index in [0.29, 0.717) is 24.5 Å². The summed E-state index contributed by atoms with van der Waals surface area (Å²) in [6, 6.07) is 2.50. The molecule has 0 amide bonds. The van der Waals surface area contributed by atoms with Crippen LogP contribution in [0.4, 0.5) is 0 Å². The topological polar surface area (TPSA) is 86.5 Å². The van der Waals surface area contributed by atoms with Crippen LogP contribution in [0.5, 0.6) is 5.88 Å². The molecule has 0 spiro atoms. The molecular formula is C20H31N3O3. The summed E-state index contributed by atoms with van der Waals surface area (Å²) in [6.07, 6.45) is 9.23. The molecule has 1 aliphatic heterocycles. The average molecular weight is 361 g/mol. The van der Waals surface area contributed by atoms with Gasteiger partial charge in [0.2, 0.25) is 5.88 Å². The minimum atomic E-state index is 0.0521. The van der Waals surface area contributed by atoms with Gasteiger partial charge in [-0.2, -0.15) is 0 Å². The SMILES string of the molecule is Cc1ccnc(OCC=O)c1C1CCC(OCC2NCCCC2N)CC1. The molecule has 6 nitrogen and oxygen atoms in total. The second-order valence-electron chi connectivity index (χ2n) is 7.50. The molecule has 6 heteroatoms. The zero-order valence-corrected chi connectivity index (χ0v) is 15.7. The van der Waals surface area contributed by atoms with Crippen molar-refractivity contribution < 1.29 is 14.3 Å². The highest BCUT2D eigenvalue weighted by Gasteiger charge is 2.28. The second kappa shape index (κ2) is 9.44. The van der Waals surface area contributed by atoms with Gasteiger partial charge in [-0.3, -0.25) is 4.79 Å². The Labute approximate surface area is 155 Å². The van der Waals surface area contributed by atoms with E-state index < -0.39 is 0 Å². The summed E-state index contributed by atoms with van der Waals surface area (Å²) in [6.45, 7) is 3.88. The van der Waals surface area contributed by atoms with Crippen molar-refractivity contribution in [3.05, 3.63) is 23.4 Å². The monoisotopic (exact) mass is 361 g/mol. The van der Waals surface area contributed by atoms with E-state index in [-0.39, 0.29) is 18.7 Å². The van der Waals surface area contributed by atoms with Crippen molar-refractivity contribution in [3.63, 3.8) is 0 Å². The third kappa shape index (κ3) is 4.81. The summed E-state index contributed by atoms with van der Waals surface area (Å²) in [4.78, 5) is 15.0.